The number of nitrogens with zero attached hydrogens (tertiary/aromatic N) is 1. The van der Waals surface area contributed by atoms with Gasteiger partial charge in [-0.05, 0) is 43.4 Å². The number of hydrogen-bond donors (Lipinski definition) is 6. The number of benzene rings is 1. The highest BCUT2D eigenvalue weighted by Crippen LogP contribution is 2.21. The molecule has 11 nitrogen and oxygen atoms in total. The molecule has 6 atom stereocenters. The van der Waals surface area contributed by atoms with Crippen molar-refractivity contribution in [2.45, 2.75) is 76.7 Å². The van der Waals surface area contributed by atoms with E-state index >= 15 is 0 Å². The number of aliphatic hydroxyl groups excluding tert-OH is 1. The van der Waals surface area contributed by atoms with E-state index in [-0.39, 0.29) is 24.0 Å². The molecule has 0 radical (unpaired) electrons. The summed E-state index contributed by atoms with van der Waals surface area (Å²) in [4.78, 5) is 52.0. The molecule has 0 aromatic heterocycles. The summed E-state index contributed by atoms with van der Waals surface area (Å²) in [5.74, 6) is -3.13. The molecular weight excluding hydrogens is 456 g/mol. The summed E-state index contributed by atoms with van der Waals surface area (Å²) in [6.45, 7) is 5.40. The second kappa shape index (κ2) is 12.5. The second-order valence-corrected chi connectivity index (χ2v) is 9.10. The van der Waals surface area contributed by atoms with Gasteiger partial charge in [0.25, 0.3) is 0 Å². The molecule has 1 aromatic rings. The van der Waals surface area contributed by atoms with Crippen LogP contribution in [-0.4, -0.2) is 80.7 Å². The standard InChI is InChI=1S/C24H36N4O7/c1-4-13(2)19(25)23(33)28-11-5-6-18(28)22(32)26-17(12-15-7-9-16(30)10-8-15)21(31)27-20(14(3)29)24(34)35/h7-10,13-14,17-20,29-30H,4-6,11-12,25H2,1-3H3,(H,26,32)(H,27,31)(H,34,35). The lowest BCUT2D eigenvalue weighted by Crippen LogP contribution is -2.58. The van der Waals surface area contributed by atoms with Crippen molar-refractivity contribution in [2.75, 3.05) is 6.54 Å². The first-order chi connectivity index (χ1) is 16.5. The molecule has 0 aliphatic carbocycles. The zero-order valence-electron chi connectivity index (χ0n) is 20.3. The molecule has 7 N–H and O–H groups in total. The van der Waals surface area contributed by atoms with Gasteiger partial charge in [-0.15, -0.1) is 0 Å². The van der Waals surface area contributed by atoms with Gasteiger partial charge in [0.15, 0.2) is 6.04 Å². The maximum atomic E-state index is 13.2. The minimum absolute atomic E-state index is 0.00293. The summed E-state index contributed by atoms with van der Waals surface area (Å²) in [6, 6.07) is 1.69. The average molecular weight is 493 g/mol. The van der Waals surface area contributed by atoms with Crippen LogP contribution in [0, 0.1) is 5.92 Å². The third kappa shape index (κ3) is 7.40. The molecule has 6 unspecified atom stereocenters. The van der Waals surface area contributed by atoms with Crippen LogP contribution >= 0.6 is 0 Å². The molecule has 35 heavy (non-hydrogen) atoms. The molecular formula is C24H36N4O7. The molecule has 11 heteroatoms. The van der Waals surface area contributed by atoms with Gasteiger partial charge in [-0.25, -0.2) is 4.79 Å². The van der Waals surface area contributed by atoms with E-state index < -0.39 is 48.1 Å². The zero-order chi connectivity index (χ0) is 26.3. The third-order valence-electron chi connectivity index (χ3n) is 6.44. The van der Waals surface area contributed by atoms with Gasteiger partial charge in [0.2, 0.25) is 17.7 Å². The second-order valence-electron chi connectivity index (χ2n) is 9.10. The van der Waals surface area contributed by atoms with Crippen molar-refractivity contribution in [3.05, 3.63) is 29.8 Å². The fourth-order valence-electron chi connectivity index (χ4n) is 3.98. The van der Waals surface area contributed by atoms with Crippen LogP contribution < -0.4 is 16.4 Å². The molecule has 1 aliphatic heterocycles. The predicted octanol–water partition coefficient (Wildman–Crippen LogP) is -0.266. The third-order valence-corrected chi connectivity index (χ3v) is 6.44. The van der Waals surface area contributed by atoms with Gasteiger partial charge in [-0.1, -0.05) is 32.4 Å². The van der Waals surface area contributed by atoms with E-state index in [0.717, 1.165) is 0 Å². The smallest absolute Gasteiger partial charge is 0.328 e. The molecule has 1 heterocycles. The fraction of sp³-hybridized carbons (Fsp3) is 0.583. The number of rotatable bonds is 11. The van der Waals surface area contributed by atoms with E-state index in [4.69, 9.17) is 5.73 Å². The van der Waals surface area contributed by atoms with E-state index in [1.807, 2.05) is 13.8 Å². The Morgan fingerprint density at radius 2 is 1.77 bits per heavy atom. The molecule has 2 rings (SSSR count). The van der Waals surface area contributed by atoms with Gasteiger partial charge in [0.05, 0.1) is 12.1 Å². The first-order valence-electron chi connectivity index (χ1n) is 11.8. The van der Waals surface area contributed by atoms with Crippen molar-refractivity contribution in [1.29, 1.82) is 0 Å². The van der Waals surface area contributed by atoms with Crippen molar-refractivity contribution >= 4 is 23.7 Å². The van der Waals surface area contributed by atoms with Crippen molar-refractivity contribution in [3.8, 4) is 5.75 Å². The van der Waals surface area contributed by atoms with Crippen LogP contribution in [0.25, 0.3) is 0 Å². The monoisotopic (exact) mass is 492 g/mol. The SMILES string of the molecule is CCC(C)C(N)C(=O)N1CCCC1C(=O)NC(Cc1ccc(O)cc1)C(=O)NC(C(=O)O)C(C)O. The van der Waals surface area contributed by atoms with Crippen LogP contribution in [0.15, 0.2) is 24.3 Å². The number of phenolic OH excluding ortho intramolecular Hbond substituents is 1. The number of likely N-dealkylation sites (tertiary alicyclic amines) is 1. The Morgan fingerprint density at radius 1 is 1.14 bits per heavy atom. The van der Waals surface area contributed by atoms with Crippen molar-refractivity contribution in [3.63, 3.8) is 0 Å². The van der Waals surface area contributed by atoms with E-state index in [1.54, 1.807) is 12.1 Å². The first-order valence-corrected chi connectivity index (χ1v) is 11.8. The van der Waals surface area contributed by atoms with Crippen molar-refractivity contribution < 1.29 is 34.5 Å². The van der Waals surface area contributed by atoms with E-state index in [1.165, 1.54) is 24.0 Å². The van der Waals surface area contributed by atoms with Crippen LogP contribution in [-0.2, 0) is 25.6 Å². The number of amides is 3. The van der Waals surface area contributed by atoms with Gasteiger partial charge < -0.3 is 36.6 Å². The van der Waals surface area contributed by atoms with Gasteiger partial charge in [-0.2, -0.15) is 0 Å². The summed E-state index contributed by atoms with van der Waals surface area (Å²) in [5.41, 5.74) is 6.70. The Balaban J connectivity index is 2.23. The molecule has 194 valence electrons. The minimum atomic E-state index is -1.57. The summed E-state index contributed by atoms with van der Waals surface area (Å²) in [6.07, 6.45) is 0.350. The Labute approximate surface area is 204 Å². The largest absolute Gasteiger partial charge is 0.508 e. The number of carboxylic acids is 1. The molecule has 1 aliphatic rings. The van der Waals surface area contributed by atoms with Crippen LogP contribution in [0.5, 0.6) is 5.75 Å². The minimum Gasteiger partial charge on any atom is -0.508 e. The topological polar surface area (TPSA) is 182 Å². The number of carbonyl (C=O) groups excluding carboxylic acids is 3. The number of carboxylic acid groups (broad SMARTS) is 1. The van der Waals surface area contributed by atoms with Crippen LogP contribution in [0.1, 0.15) is 45.6 Å². The summed E-state index contributed by atoms with van der Waals surface area (Å²) in [5, 5.41) is 33.5. The molecule has 1 saturated heterocycles. The summed E-state index contributed by atoms with van der Waals surface area (Å²) in [7, 11) is 0. The molecule has 1 fully saturated rings. The van der Waals surface area contributed by atoms with Gasteiger partial charge >= 0.3 is 5.97 Å². The predicted molar refractivity (Wildman–Crippen MR) is 127 cm³/mol. The van der Waals surface area contributed by atoms with Crippen LogP contribution in [0.3, 0.4) is 0 Å². The van der Waals surface area contributed by atoms with Crippen LogP contribution in [0.4, 0.5) is 0 Å². The van der Waals surface area contributed by atoms with E-state index in [0.29, 0.717) is 31.4 Å². The maximum Gasteiger partial charge on any atom is 0.328 e. The number of aliphatic carboxylic acids is 1. The normalized spacial score (nSPS) is 19.8. The number of aromatic hydroxyl groups is 1. The highest BCUT2D eigenvalue weighted by Gasteiger charge is 2.39. The Hall–Kier alpha value is -3.18. The summed E-state index contributed by atoms with van der Waals surface area (Å²) >= 11 is 0. The molecule has 0 bridgehead atoms. The number of aliphatic hydroxyl groups is 1. The molecule has 0 spiro atoms. The highest BCUT2D eigenvalue weighted by atomic mass is 16.4. The van der Waals surface area contributed by atoms with Crippen LogP contribution in [0.2, 0.25) is 0 Å². The number of phenols is 1. The highest BCUT2D eigenvalue weighted by molar-refractivity contribution is 5.94. The Bertz CT molecular complexity index is 906. The number of hydrogen-bond acceptors (Lipinski definition) is 7. The maximum absolute atomic E-state index is 13.2. The van der Waals surface area contributed by atoms with Crippen molar-refractivity contribution in [2.24, 2.45) is 11.7 Å². The first kappa shape index (κ1) is 28.1. The number of carbonyl (C=O) groups is 4. The zero-order valence-corrected chi connectivity index (χ0v) is 20.3. The Kier molecular flexibility index (Phi) is 10.0. The molecule has 3 amide bonds. The lowest BCUT2D eigenvalue weighted by Gasteiger charge is -2.30. The lowest BCUT2D eigenvalue weighted by atomic mass is 9.98. The van der Waals surface area contributed by atoms with Crippen molar-refractivity contribution in [1.82, 2.24) is 15.5 Å². The number of nitrogens with two attached hydrogens (primary N) is 1. The molecule has 0 saturated carbocycles. The molecule has 1 aromatic carbocycles. The fourth-order valence-corrected chi connectivity index (χ4v) is 3.98. The van der Waals surface area contributed by atoms with E-state index in [2.05, 4.69) is 10.6 Å². The van der Waals surface area contributed by atoms with Gasteiger partial charge in [-0.3, -0.25) is 14.4 Å². The summed E-state index contributed by atoms with van der Waals surface area (Å²) < 4.78 is 0. The van der Waals surface area contributed by atoms with Gasteiger partial charge in [0.1, 0.15) is 17.8 Å². The lowest BCUT2D eigenvalue weighted by molar-refractivity contribution is -0.145. The quantitative estimate of drug-likeness (QED) is 0.244. The average Bonchev–Trinajstić information content (AvgIpc) is 3.31. The van der Waals surface area contributed by atoms with Gasteiger partial charge in [0, 0.05) is 13.0 Å². The number of nitrogens with one attached hydrogen (secondary N) is 2. The Morgan fingerprint density at radius 3 is 2.31 bits per heavy atom. The van der Waals surface area contributed by atoms with E-state index in [9.17, 15) is 34.5 Å².